The SMILES string of the molecule is CNc1cc(Nc2cccn(-c3ccc(C(=O)NCCCCc4ccc5c(c4)n(C)c(=O)n5C4CCC(=O)NC4=O)cn3)c2=O)nn2c(-c3cn(C(C)C)nn3)cnc12. The molecule has 7 aromatic rings. The van der Waals surface area contributed by atoms with Crippen molar-refractivity contribution < 1.29 is 14.4 Å². The lowest BCUT2D eigenvalue weighted by atomic mass is 10.0. The monoisotopic (exact) mass is 798 g/mol. The van der Waals surface area contributed by atoms with Crippen molar-refractivity contribution in [3.63, 3.8) is 0 Å². The van der Waals surface area contributed by atoms with Gasteiger partial charge in [-0.3, -0.25) is 38.2 Å². The second kappa shape index (κ2) is 15.8. The molecule has 0 radical (unpaired) electrons. The highest BCUT2D eigenvalue weighted by Gasteiger charge is 2.31. The predicted molar refractivity (Wildman–Crippen MR) is 219 cm³/mol. The normalized spacial score (nSPS) is 14.3. The van der Waals surface area contributed by atoms with E-state index < -0.39 is 11.9 Å². The molecule has 19 heteroatoms. The average molecular weight is 799 g/mol. The summed E-state index contributed by atoms with van der Waals surface area (Å²) in [4.78, 5) is 72.8. The van der Waals surface area contributed by atoms with Crippen molar-refractivity contribution >= 4 is 51.6 Å². The van der Waals surface area contributed by atoms with Gasteiger partial charge >= 0.3 is 5.69 Å². The number of fused-ring (bicyclic) bond motifs is 2. The summed E-state index contributed by atoms with van der Waals surface area (Å²) in [5.74, 6) is -0.361. The Balaban J connectivity index is 0.884. The maximum absolute atomic E-state index is 13.7. The number of rotatable bonds is 13. The van der Waals surface area contributed by atoms with Crippen molar-refractivity contribution in [2.24, 2.45) is 7.05 Å². The van der Waals surface area contributed by atoms with Crippen LogP contribution in [-0.2, 0) is 23.1 Å². The first-order valence-corrected chi connectivity index (χ1v) is 19.3. The number of aryl methyl sites for hydroxylation is 2. The topological polar surface area (TPSA) is 222 Å². The Morgan fingerprint density at radius 3 is 2.58 bits per heavy atom. The summed E-state index contributed by atoms with van der Waals surface area (Å²) in [6, 6.07) is 13.5. The number of amides is 3. The van der Waals surface area contributed by atoms with Crippen LogP contribution in [0.4, 0.5) is 17.2 Å². The van der Waals surface area contributed by atoms with Crippen LogP contribution in [0.3, 0.4) is 0 Å². The van der Waals surface area contributed by atoms with E-state index in [0.717, 1.165) is 18.4 Å². The van der Waals surface area contributed by atoms with Crippen molar-refractivity contribution in [3.8, 4) is 17.2 Å². The van der Waals surface area contributed by atoms with Gasteiger partial charge in [0, 0.05) is 51.6 Å². The number of unbranched alkanes of at least 4 members (excludes halogenated alkanes) is 1. The van der Waals surface area contributed by atoms with Gasteiger partial charge in [0.05, 0.1) is 34.7 Å². The van der Waals surface area contributed by atoms with Gasteiger partial charge in [-0.25, -0.2) is 24.0 Å². The van der Waals surface area contributed by atoms with Crippen LogP contribution < -0.4 is 32.5 Å². The fraction of sp³-hybridized carbons (Fsp3) is 0.300. The predicted octanol–water partition coefficient (Wildman–Crippen LogP) is 3.28. The van der Waals surface area contributed by atoms with Crippen LogP contribution in [0.15, 0.2) is 82.9 Å². The molecule has 1 atom stereocenters. The summed E-state index contributed by atoms with van der Waals surface area (Å²) in [5, 5.41) is 24.8. The molecule has 4 N–H and O–H groups in total. The lowest BCUT2D eigenvalue weighted by molar-refractivity contribution is -0.135. The minimum absolute atomic E-state index is 0.131. The first kappa shape index (κ1) is 38.4. The van der Waals surface area contributed by atoms with Gasteiger partial charge in [-0.2, -0.15) is 0 Å². The second-order valence-corrected chi connectivity index (χ2v) is 14.6. The first-order valence-electron chi connectivity index (χ1n) is 19.3. The smallest absolute Gasteiger partial charge is 0.329 e. The van der Waals surface area contributed by atoms with Crippen LogP contribution in [0.2, 0.25) is 0 Å². The van der Waals surface area contributed by atoms with Gasteiger partial charge in [0.1, 0.15) is 28.9 Å². The number of hydrogen-bond donors (Lipinski definition) is 4. The molecule has 1 unspecified atom stereocenters. The third-order valence-corrected chi connectivity index (χ3v) is 10.4. The van der Waals surface area contributed by atoms with Crippen LogP contribution in [0, 0.1) is 0 Å². The van der Waals surface area contributed by atoms with E-state index in [1.54, 1.807) is 66.0 Å². The molecule has 1 aliphatic rings. The maximum atomic E-state index is 13.7. The molecule has 1 aromatic carbocycles. The molecule has 1 aliphatic heterocycles. The second-order valence-electron chi connectivity index (χ2n) is 14.6. The summed E-state index contributed by atoms with van der Waals surface area (Å²) in [6.07, 6.45) is 9.21. The summed E-state index contributed by atoms with van der Waals surface area (Å²) in [5.41, 5.74) is 4.79. The Bertz CT molecular complexity index is 2860. The van der Waals surface area contributed by atoms with E-state index in [2.05, 4.69) is 41.5 Å². The van der Waals surface area contributed by atoms with Crippen molar-refractivity contribution in [2.45, 2.75) is 58.0 Å². The Kier molecular flexibility index (Phi) is 10.3. The van der Waals surface area contributed by atoms with E-state index in [4.69, 9.17) is 5.10 Å². The molecule has 19 nitrogen and oxygen atoms in total. The molecular weight excluding hydrogens is 757 g/mol. The summed E-state index contributed by atoms with van der Waals surface area (Å²) >= 11 is 0. The van der Waals surface area contributed by atoms with E-state index in [9.17, 15) is 24.0 Å². The van der Waals surface area contributed by atoms with Gasteiger partial charge in [0.2, 0.25) is 11.8 Å². The number of imide groups is 1. The van der Waals surface area contributed by atoms with Crippen molar-refractivity contribution in [3.05, 3.63) is 105 Å². The molecule has 1 fully saturated rings. The number of hydrogen-bond acceptors (Lipinski definition) is 12. The highest BCUT2D eigenvalue weighted by atomic mass is 16.2. The van der Waals surface area contributed by atoms with Gasteiger partial charge in [-0.1, -0.05) is 11.3 Å². The molecule has 6 aromatic heterocycles. The Labute approximate surface area is 336 Å². The number of anilines is 3. The molecule has 0 spiro atoms. The number of carbonyl (C=O) groups is 3. The molecular formula is C40H42N14O5. The van der Waals surface area contributed by atoms with Gasteiger partial charge in [0.25, 0.3) is 11.5 Å². The highest BCUT2D eigenvalue weighted by Crippen LogP contribution is 2.27. The fourth-order valence-corrected chi connectivity index (χ4v) is 7.16. The zero-order valence-electron chi connectivity index (χ0n) is 32.8. The number of pyridine rings is 2. The van der Waals surface area contributed by atoms with Crippen molar-refractivity contribution in [1.82, 2.24) is 58.9 Å². The lowest BCUT2D eigenvalue weighted by Gasteiger charge is -2.21. The van der Waals surface area contributed by atoms with Crippen LogP contribution in [0.25, 0.3) is 33.9 Å². The Morgan fingerprint density at radius 2 is 1.83 bits per heavy atom. The Hall–Kier alpha value is -7.44. The quantitative estimate of drug-likeness (QED) is 0.0975. The molecule has 302 valence electrons. The van der Waals surface area contributed by atoms with E-state index in [1.807, 2.05) is 38.2 Å². The highest BCUT2D eigenvalue weighted by molar-refractivity contribution is 6.00. The molecule has 1 saturated heterocycles. The Morgan fingerprint density at radius 1 is 0.983 bits per heavy atom. The standard InChI is InChI=1S/C40H42N14O5/c1-23(2)52-22-28(47-49-52)32-21-44-36-27(41-3)19-33(48-54(32)36)45-26-9-7-17-51(39(26)58)34-14-11-25(20-43-34)37(56)42-16-6-5-8-24-10-12-29-31(18-24)50(4)40(59)53(29)30-13-15-35(55)46-38(30)57/h7,9-12,14,17-23,30,41H,5-6,8,13,15-16H2,1-4H3,(H,42,56)(H,45,48)(H,46,55,57). The number of piperidine rings is 1. The fourth-order valence-electron chi connectivity index (χ4n) is 7.16. The van der Waals surface area contributed by atoms with Gasteiger partial charge in [-0.15, -0.1) is 10.2 Å². The van der Waals surface area contributed by atoms with Crippen molar-refractivity contribution in [1.29, 1.82) is 0 Å². The number of nitrogens with one attached hydrogen (secondary N) is 4. The van der Waals surface area contributed by atoms with E-state index in [0.29, 0.717) is 63.9 Å². The zero-order valence-corrected chi connectivity index (χ0v) is 32.8. The minimum Gasteiger partial charge on any atom is -0.385 e. The van der Waals surface area contributed by atoms with E-state index in [-0.39, 0.29) is 47.6 Å². The molecule has 7 heterocycles. The van der Waals surface area contributed by atoms with Crippen LogP contribution in [0.1, 0.15) is 67.5 Å². The average Bonchev–Trinajstić information content (AvgIpc) is 3.95. The van der Waals surface area contributed by atoms with Crippen LogP contribution >= 0.6 is 0 Å². The molecule has 0 bridgehead atoms. The summed E-state index contributed by atoms with van der Waals surface area (Å²) in [6.45, 7) is 4.46. The number of carbonyl (C=O) groups excluding carboxylic acids is 3. The molecule has 3 amide bonds. The van der Waals surface area contributed by atoms with Crippen LogP contribution in [-0.4, -0.2) is 79.6 Å². The number of imidazole rings is 2. The van der Waals surface area contributed by atoms with E-state index in [1.165, 1.54) is 19.9 Å². The largest absolute Gasteiger partial charge is 0.385 e. The maximum Gasteiger partial charge on any atom is 0.329 e. The third kappa shape index (κ3) is 7.44. The van der Waals surface area contributed by atoms with Gasteiger partial charge < -0.3 is 16.0 Å². The third-order valence-electron chi connectivity index (χ3n) is 10.4. The zero-order chi connectivity index (χ0) is 41.4. The van der Waals surface area contributed by atoms with E-state index >= 15 is 0 Å². The summed E-state index contributed by atoms with van der Waals surface area (Å²) < 4.78 is 7.77. The van der Waals surface area contributed by atoms with Crippen LogP contribution in [0.5, 0.6) is 0 Å². The first-order chi connectivity index (χ1) is 28.5. The number of benzene rings is 1. The molecule has 0 aliphatic carbocycles. The van der Waals surface area contributed by atoms with Gasteiger partial charge in [0.15, 0.2) is 11.5 Å². The number of aromatic nitrogens is 10. The molecule has 8 rings (SSSR count). The minimum atomic E-state index is -0.734. The summed E-state index contributed by atoms with van der Waals surface area (Å²) in [7, 11) is 3.44. The molecule has 0 saturated carbocycles. The molecule has 59 heavy (non-hydrogen) atoms. The van der Waals surface area contributed by atoms with Crippen molar-refractivity contribution in [2.75, 3.05) is 24.2 Å². The number of nitrogens with zero attached hydrogens (tertiary/aromatic N) is 10. The van der Waals surface area contributed by atoms with Gasteiger partial charge in [-0.05, 0) is 81.5 Å². The lowest BCUT2D eigenvalue weighted by Crippen LogP contribution is -2.44.